The smallest absolute Gasteiger partial charge is 0.133 e. The number of rotatable bonds is 4. The summed E-state index contributed by atoms with van der Waals surface area (Å²) in [7, 11) is 0. The molecule has 14 heavy (non-hydrogen) atoms. The highest BCUT2D eigenvalue weighted by Crippen LogP contribution is 2.09. The zero-order valence-corrected chi connectivity index (χ0v) is 8.31. The lowest BCUT2D eigenvalue weighted by atomic mass is 10.3. The van der Waals surface area contributed by atoms with Crippen LogP contribution < -0.4 is 4.84 Å². The van der Waals surface area contributed by atoms with E-state index in [4.69, 9.17) is 4.84 Å². The van der Waals surface area contributed by atoms with E-state index < -0.39 is 0 Å². The van der Waals surface area contributed by atoms with Crippen LogP contribution in [0, 0.1) is 0 Å². The van der Waals surface area contributed by atoms with Gasteiger partial charge >= 0.3 is 0 Å². The summed E-state index contributed by atoms with van der Waals surface area (Å²) in [5.74, 6) is 0. The summed E-state index contributed by atoms with van der Waals surface area (Å²) in [5.41, 5.74) is 2.01. The molecule has 0 spiro atoms. The van der Waals surface area contributed by atoms with Crippen molar-refractivity contribution < 1.29 is 4.84 Å². The normalized spacial score (nSPS) is 10.6. The fourth-order valence-electron chi connectivity index (χ4n) is 1.35. The number of benzene rings is 1. The maximum Gasteiger partial charge on any atom is 0.133 e. The summed E-state index contributed by atoms with van der Waals surface area (Å²) in [4.78, 5) is 9.79. The highest BCUT2D eigenvalue weighted by molar-refractivity contribution is 5.74. The minimum atomic E-state index is 0.747. The zero-order chi connectivity index (χ0) is 9.80. The Kier molecular flexibility index (Phi) is 2.68. The van der Waals surface area contributed by atoms with Gasteiger partial charge in [-0.25, -0.2) is 4.98 Å². The van der Waals surface area contributed by atoms with E-state index in [2.05, 4.69) is 11.9 Å². The van der Waals surface area contributed by atoms with Crippen LogP contribution in [0.25, 0.3) is 11.0 Å². The van der Waals surface area contributed by atoms with E-state index in [1.807, 2.05) is 24.3 Å². The number of para-hydroxylation sites is 2. The summed E-state index contributed by atoms with van der Waals surface area (Å²) in [5, 5.41) is 0. The van der Waals surface area contributed by atoms with Crippen molar-refractivity contribution in [3.8, 4) is 0 Å². The van der Waals surface area contributed by atoms with Gasteiger partial charge in [0.15, 0.2) is 0 Å². The Bertz CT molecular complexity index is 408. The number of nitrogens with zero attached hydrogens (tertiary/aromatic N) is 2. The molecule has 2 rings (SSSR count). The fraction of sp³-hybridized carbons (Fsp3) is 0.364. The first-order valence-corrected chi connectivity index (χ1v) is 4.97. The van der Waals surface area contributed by atoms with Crippen molar-refractivity contribution in [1.82, 2.24) is 9.71 Å². The van der Waals surface area contributed by atoms with Crippen LogP contribution in [0.2, 0.25) is 0 Å². The van der Waals surface area contributed by atoms with Crippen molar-refractivity contribution in [3.63, 3.8) is 0 Å². The first-order valence-electron chi connectivity index (χ1n) is 4.97. The van der Waals surface area contributed by atoms with E-state index in [0.717, 1.165) is 30.5 Å². The van der Waals surface area contributed by atoms with Gasteiger partial charge in [0.05, 0.1) is 5.52 Å². The molecule has 0 unspecified atom stereocenters. The van der Waals surface area contributed by atoms with E-state index in [1.165, 1.54) is 0 Å². The lowest BCUT2D eigenvalue weighted by Crippen LogP contribution is -2.10. The topological polar surface area (TPSA) is 27.1 Å². The van der Waals surface area contributed by atoms with Crippen LogP contribution in [0.3, 0.4) is 0 Å². The first-order chi connectivity index (χ1) is 6.92. The summed E-state index contributed by atoms with van der Waals surface area (Å²) in [6.45, 7) is 2.90. The molecule has 0 saturated heterocycles. The molecule has 0 amide bonds. The van der Waals surface area contributed by atoms with E-state index in [9.17, 15) is 0 Å². The number of fused-ring (bicyclic) bond motifs is 1. The zero-order valence-electron chi connectivity index (χ0n) is 8.31. The van der Waals surface area contributed by atoms with Crippen LogP contribution in [-0.4, -0.2) is 16.3 Å². The minimum Gasteiger partial charge on any atom is -0.412 e. The van der Waals surface area contributed by atoms with Crippen LogP contribution >= 0.6 is 0 Å². The molecule has 0 saturated carbocycles. The Morgan fingerprint density at radius 1 is 1.36 bits per heavy atom. The molecule has 3 nitrogen and oxygen atoms in total. The summed E-state index contributed by atoms with van der Waals surface area (Å²) >= 11 is 0. The van der Waals surface area contributed by atoms with Gasteiger partial charge in [-0.1, -0.05) is 25.5 Å². The van der Waals surface area contributed by atoms with Gasteiger partial charge in [-0.15, -0.1) is 0 Å². The van der Waals surface area contributed by atoms with Crippen LogP contribution in [0.4, 0.5) is 0 Å². The lowest BCUT2D eigenvalue weighted by molar-refractivity contribution is 0.116. The molecule has 0 aliphatic rings. The summed E-state index contributed by atoms with van der Waals surface area (Å²) in [6, 6.07) is 7.96. The second-order valence-corrected chi connectivity index (χ2v) is 3.25. The number of hydrogen-bond donors (Lipinski definition) is 0. The molecule has 0 fully saturated rings. The Morgan fingerprint density at radius 3 is 3.07 bits per heavy atom. The van der Waals surface area contributed by atoms with Gasteiger partial charge in [0.25, 0.3) is 0 Å². The monoisotopic (exact) mass is 190 g/mol. The molecule has 74 valence electrons. The fourth-order valence-corrected chi connectivity index (χ4v) is 1.35. The van der Waals surface area contributed by atoms with Gasteiger partial charge in [0, 0.05) is 0 Å². The van der Waals surface area contributed by atoms with Gasteiger partial charge in [-0.3, -0.25) is 0 Å². The highest BCUT2D eigenvalue weighted by atomic mass is 16.7. The lowest BCUT2D eigenvalue weighted by Gasteiger charge is -2.05. The van der Waals surface area contributed by atoms with Crippen LogP contribution in [-0.2, 0) is 0 Å². The quantitative estimate of drug-likeness (QED) is 0.691. The molecule has 2 aromatic rings. The van der Waals surface area contributed by atoms with Crippen LogP contribution in [0.1, 0.15) is 19.8 Å². The average molecular weight is 190 g/mol. The standard InChI is InChI=1S/C11H14N2O/c1-2-3-8-14-13-9-12-10-6-4-5-7-11(10)13/h4-7,9H,2-3,8H2,1H3. The molecule has 3 heteroatoms. The highest BCUT2D eigenvalue weighted by Gasteiger charge is 2.00. The molecule has 0 atom stereocenters. The second kappa shape index (κ2) is 4.13. The molecule has 1 aromatic carbocycles. The molecule has 1 aromatic heterocycles. The van der Waals surface area contributed by atoms with Gasteiger partial charge in [-0.2, -0.15) is 4.73 Å². The van der Waals surface area contributed by atoms with Gasteiger partial charge in [0.2, 0.25) is 0 Å². The summed E-state index contributed by atoms with van der Waals surface area (Å²) in [6.07, 6.45) is 3.94. The SMILES string of the molecule is CCCCOn1cnc2ccccc21. The molecular formula is C11H14N2O. The van der Waals surface area contributed by atoms with E-state index in [-0.39, 0.29) is 0 Å². The predicted molar refractivity (Wildman–Crippen MR) is 56.1 cm³/mol. The number of aromatic nitrogens is 2. The van der Waals surface area contributed by atoms with E-state index in [1.54, 1.807) is 11.1 Å². The van der Waals surface area contributed by atoms with Gasteiger partial charge < -0.3 is 4.84 Å². The van der Waals surface area contributed by atoms with Crippen LogP contribution in [0.5, 0.6) is 0 Å². The largest absolute Gasteiger partial charge is 0.412 e. The van der Waals surface area contributed by atoms with Crippen molar-refractivity contribution in [2.24, 2.45) is 0 Å². The number of unbranched alkanes of at least 4 members (excludes halogenated alkanes) is 1. The number of imidazole rings is 1. The van der Waals surface area contributed by atoms with Gasteiger partial charge in [-0.05, 0) is 18.6 Å². The predicted octanol–water partition coefficient (Wildman–Crippen LogP) is 2.27. The number of hydrogen-bond acceptors (Lipinski definition) is 2. The molecule has 0 N–H and O–H groups in total. The minimum absolute atomic E-state index is 0.747. The van der Waals surface area contributed by atoms with E-state index in [0.29, 0.717) is 0 Å². The Hall–Kier alpha value is -1.51. The molecule has 1 heterocycles. The molecule has 0 bridgehead atoms. The Morgan fingerprint density at radius 2 is 2.21 bits per heavy atom. The molecular weight excluding hydrogens is 176 g/mol. The van der Waals surface area contributed by atoms with Crippen molar-refractivity contribution in [2.75, 3.05) is 6.61 Å². The van der Waals surface area contributed by atoms with Crippen molar-refractivity contribution in [3.05, 3.63) is 30.6 Å². The van der Waals surface area contributed by atoms with Crippen LogP contribution in [0.15, 0.2) is 30.6 Å². The van der Waals surface area contributed by atoms with Crippen molar-refractivity contribution in [2.45, 2.75) is 19.8 Å². The molecule has 0 aliphatic carbocycles. The maximum atomic E-state index is 5.55. The van der Waals surface area contributed by atoms with Crippen molar-refractivity contribution in [1.29, 1.82) is 0 Å². The summed E-state index contributed by atoms with van der Waals surface area (Å²) < 4.78 is 1.74. The maximum absolute atomic E-state index is 5.55. The first kappa shape index (κ1) is 9.06. The average Bonchev–Trinajstić information content (AvgIpc) is 2.63. The van der Waals surface area contributed by atoms with Crippen molar-refractivity contribution >= 4 is 11.0 Å². The third-order valence-corrected chi connectivity index (χ3v) is 2.15. The molecule has 0 radical (unpaired) electrons. The van der Waals surface area contributed by atoms with E-state index >= 15 is 0 Å². The second-order valence-electron chi connectivity index (χ2n) is 3.25. The Labute approximate surface area is 83.3 Å². The van der Waals surface area contributed by atoms with Gasteiger partial charge in [0.1, 0.15) is 18.5 Å². The third-order valence-electron chi connectivity index (χ3n) is 2.15. The third kappa shape index (κ3) is 1.71. The Balaban J connectivity index is 2.17. The molecule has 0 aliphatic heterocycles.